The largest absolute Gasteiger partial charge is 0.491 e. The van der Waals surface area contributed by atoms with Crippen molar-refractivity contribution in [3.63, 3.8) is 0 Å². The third-order valence-electron chi connectivity index (χ3n) is 4.83. The van der Waals surface area contributed by atoms with Gasteiger partial charge in [0, 0.05) is 10.6 Å². The Kier molecular flexibility index (Phi) is 5.28. The Morgan fingerprint density at radius 2 is 2.04 bits per heavy atom. The van der Waals surface area contributed by atoms with Crippen LogP contribution in [0, 0.1) is 5.92 Å². The van der Waals surface area contributed by atoms with Gasteiger partial charge < -0.3 is 10.5 Å². The summed E-state index contributed by atoms with van der Waals surface area (Å²) < 4.78 is 5.70. The van der Waals surface area contributed by atoms with Crippen LogP contribution in [-0.2, 0) is 18.6 Å². The zero-order valence-electron chi connectivity index (χ0n) is 16.0. The van der Waals surface area contributed by atoms with Crippen LogP contribution in [0.1, 0.15) is 43.2 Å². The minimum absolute atomic E-state index is 0.188. The van der Waals surface area contributed by atoms with Gasteiger partial charge in [-0.25, -0.2) is 9.97 Å². The van der Waals surface area contributed by atoms with E-state index in [2.05, 4.69) is 24.0 Å². The lowest BCUT2D eigenvalue weighted by Gasteiger charge is -2.17. The molecule has 1 aliphatic carbocycles. The quantitative estimate of drug-likeness (QED) is 0.455. The molecule has 0 bridgehead atoms. The maximum Gasteiger partial charge on any atom is 0.191 e. The van der Waals surface area contributed by atoms with E-state index in [1.54, 1.807) is 23.1 Å². The molecule has 0 fully saturated rings. The lowest BCUT2D eigenvalue weighted by molar-refractivity contribution is 0.242. The van der Waals surface area contributed by atoms with Crippen LogP contribution in [0.2, 0.25) is 0 Å². The summed E-state index contributed by atoms with van der Waals surface area (Å²) in [6, 6.07) is 8.22. The number of aryl methyl sites for hydroxylation is 1. The summed E-state index contributed by atoms with van der Waals surface area (Å²) in [7, 11) is 0. The van der Waals surface area contributed by atoms with E-state index in [4.69, 9.17) is 15.5 Å². The minimum Gasteiger partial charge on any atom is -0.491 e. The lowest BCUT2D eigenvalue weighted by Crippen LogP contribution is -2.09. The first kappa shape index (κ1) is 18.6. The second kappa shape index (κ2) is 7.68. The molecular weight excluding hydrogens is 374 g/mol. The fraction of sp³-hybridized carbons (Fsp3) is 0.429. The average molecular weight is 400 g/mol. The summed E-state index contributed by atoms with van der Waals surface area (Å²) in [5, 5.41) is 1.86. The molecule has 2 heterocycles. The summed E-state index contributed by atoms with van der Waals surface area (Å²) >= 11 is 3.43. The van der Waals surface area contributed by atoms with Gasteiger partial charge >= 0.3 is 0 Å². The van der Waals surface area contributed by atoms with Gasteiger partial charge in [0.15, 0.2) is 5.16 Å². The zero-order chi connectivity index (χ0) is 19.0. The van der Waals surface area contributed by atoms with Crippen molar-refractivity contribution >= 4 is 39.1 Å². The van der Waals surface area contributed by atoms with Crippen LogP contribution in [0.3, 0.4) is 0 Å². The first-order chi connectivity index (χ1) is 13.0. The number of hydrogen-bond acceptors (Lipinski definition) is 6. The molecule has 0 unspecified atom stereocenters. The molecule has 0 saturated heterocycles. The molecule has 2 aromatic heterocycles. The molecule has 142 valence electrons. The third-order valence-corrected chi connectivity index (χ3v) is 6.89. The van der Waals surface area contributed by atoms with E-state index in [-0.39, 0.29) is 6.10 Å². The van der Waals surface area contributed by atoms with Crippen molar-refractivity contribution in [2.24, 2.45) is 5.92 Å². The number of thioether (sulfide) groups is 1. The van der Waals surface area contributed by atoms with E-state index in [0.29, 0.717) is 5.82 Å². The van der Waals surface area contributed by atoms with Gasteiger partial charge in [0.1, 0.15) is 16.4 Å². The van der Waals surface area contributed by atoms with Gasteiger partial charge in [-0.3, -0.25) is 0 Å². The van der Waals surface area contributed by atoms with Crippen LogP contribution in [-0.4, -0.2) is 16.1 Å². The summed E-state index contributed by atoms with van der Waals surface area (Å²) in [5.41, 5.74) is 8.93. The summed E-state index contributed by atoms with van der Waals surface area (Å²) in [6.45, 7) is 6.39. The van der Waals surface area contributed by atoms with E-state index in [1.807, 2.05) is 26.0 Å². The number of aromatic nitrogens is 2. The van der Waals surface area contributed by atoms with Gasteiger partial charge in [0.25, 0.3) is 0 Å². The Bertz CT molecular complexity index is 950. The Labute approximate surface area is 168 Å². The first-order valence-corrected chi connectivity index (χ1v) is 11.3. The highest BCUT2D eigenvalue weighted by molar-refractivity contribution is 7.98. The van der Waals surface area contributed by atoms with E-state index >= 15 is 0 Å². The van der Waals surface area contributed by atoms with Gasteiger partial charge in [0.05, 0.1) is 11.5 Å². The van der Waals surface area contributed by atoms with Crippen molar-refractivity contribution in [2.75, 3.05) is 5.73 Å². The number of ether oxygens (including phenoxy) is 1. The zero-order valence-corrected chi connectivity index (χ0v) is 17.6. The Morgan fingerprint density at radius 1 is 1.26 bits per heavy atom. The van der Waals surface area contributed by atoms with Crippen molar-refractivity contribution in [1.82, 2.24) is 9.97 Å². The van der Waals surface area contributed by atoms with Crippen LogP contribution in [0.15, 0.2) is 29.4 Å². The molecule has 1 atom stereocenters. The molecule has 1 aromatic carbocycles. The molecular formula is C21H25N3OS2. The van der Waals surface area contributed by atoms with Crippen molar-refractivity contribution in [1.29, 1.82) is 0 Å². The van der Waals surface area contributed by atoms with Gasteiger partial charge in [-0.15, -0.1) is 11.3 Å². The average Bonchev–Trinajstić information content (AvgIpc) is 2.98. The predicted molar refractivity (Wildman–Crippen MR) is 115 cm³/mol. The Morgan fingerprint density at radius 3 is 2.78 bits per heavy atom. The SMILES string of the molecule is CC(C)Oc1ccc(CSc2nc(N)c3c4c(sc3n2)C[C@H](C)CC4)cc1. The van der Waals surface area contributed by atoms with E-state index in [0.717, 1.165) is 45.6 Å². The smallest absolute Gasteiger partial charge is 0.191 e. The van der Waals surface area contributed by atoms with Crippen LogP contribution >= 0.6 is 23.1 Å². The van der Waals surface area contributed by atoms with E-state index in [1.165, 1.54) is 22.4 Å². The predicted octanol–water partition coefficient (Wildman–Crippen LogP) is 5.48. The Balaban J connectivity index is 1.51. The number of benzene rings is 1. The van der Waals surface area contributed by atoms with E-state index in [9.17, 15) is 0 Å². The lowest BCUT2D eigenvalue weighted by atomic mass is 9.89. The number of hydrogen-bond donors (Lipinski definition) is 1. The fourth-order valence-corrected chi connectivity index (χ4v) is 5.75. The molecule has 3 aromatic rings. The molecule has 4 rings (SSSR count). The van der Waals surface area contributed by atoms with Gasteiger partial charge in [-0.05, 0) is 62.3 Å². The normalized spacial score (nSPS) is 16.7. The van der Waals surface area contributed by atoms with Crippen molar-refractivity contribution < 1.29 is 4.74 Å². The second-order valence-electron chi connectivity index (χ2n) is 7.52. The summed E-state index contributed by atoms with van der Waals surface area (Å²) in [4.78, 5) is 11.9. The van der Waals surface area contributed by atoms with Gasteiger partial charge in [-0.2, -0.15) is 0 Å². The summed E-state index contributed by atoms with van der Waals surface area (Å²) in [5.74, 6) is 3.10. The molecule has 0 saturated carbocycles. The molecule has 6 heteroatoms. The molecule has 27 heavy (non-hydrogen) atoms. The molecule has 0 spiro atoms. The van der Waals surface area contributed by atoms with Crippen molar-refractivity contribution in [2.45, 2.75) is 57.0 Å². The molecule has 0 amide bonds. The van der Waals surface area contributed by atoms with E-state index < -0.39 is 0 Å². The molecule has 0 aliphatic heterocycles. The van der Waals surface area contributed by atoms with Crippen molar-refractivity contribution in [3.05, 3.63) is 40.3 Å². The highest BCUT2D eigenvalue weighted by atomic mass is 32.2. The van der Waals surface area contributed by atoms with Crippen LogP contribution in [0.4, 0.5) is 5.82 Å². The van der Waals surface area contributed by atoms with Crippen LogP contribution in [0.25, 0.3) is 10.2 Å². The molecule has 1 aliphatic rings. The number of nitrogens with two attached hydrogens (primary N) is 1. The fourth-order valence-electron chi connectivity index (χ4n) is 3.50. The standard InChI is InChI=1S/C21H25N3OS2/c1-12(2)25-15-7-5-14(6-8-15)11-26-21-23-19(22)18-16-9-4-13(3)10-17(16)27-20(18)24-21/h5-8,12-13H,4,9-11H2,1-3H3,(H2,22,23,24)/t13-/m1/s1. The van der Waals surface area contributed by atoms with Gasteiger partial charge in [0.2, 0.25) is 0 Å². The van der Waals surface area contributed by atoms with Crippen LogP contribution < -0.4 is 10.5 Å². The van der Waals surface area contributed by atoms with Gasteiger partial charge in [-0.1, -0.05) is 30.8 Å². The number of thiophene rings is 1. The van der Waals surface area contributed by atoms with Crippen molar-refractivity contribution in [3.8, 4) is 5.75 Å². The Hall–Kier alpha value is -1.79. The topological polar surface area (TPSA) is 61.0 Å². The maximum atomic E-state index is 6.32. The minimum atomic E-state index is 0.188. The number of nitrogen functional groups attached to an aromatic ring is 1. The molecule has 4 nitrogen and oxygen atoms in total. The van der Waals surface area contributed by atoms with Crippen LogP contribution in [0.5, 0.6) is 5.75 Å². The maximum absolute atomic E-state index is 6.32. The number of fused-ring (bicyclic) bond motifs is 3. The highest BCUT2D eigenvalue weighted by Crippen LogP contribution is 2.40. The first-order valence-electron chi connectivity index (χ1n) is 9.45. The second-order valence-corrected chi connectivity index (χ2v) is 9.55. The third kappa shape index (κ3) is 4.06. The number of anilines is 1. The summed E-state index contributed by atoms with van der Waals surface area (Å²) in [6.07, 6.45) is 3.66. The highest BCUT2D eigenvalue weighted by Gasteiger charge is 2.23. The molecule has 0 radical (unpaired) electrons. The number of rotatable bonds is 5. The molecule has 2 N–H and O–H groups in total. The number of nitrogens with zero attached hydrogens (tertiary/aromatic N) is 2. The monoisotopic (exact) mass is 399 g/mol.